The highest BCUT2D eigenvalue weighted by atomic mass is 16.6. The Kier molecular flexibility index (Phi) is 3.71. The normalized spacial score (nSPS) is 10.7. The molecule has 0 radical (unpaired) electrons. The third kappa shape index (κ3) is 2.85. The van der Waals surface area contributed by atoms with Gasteiger partial charge in [0.05, 0.1) is 16.1 Å². The molecule has 0 aliphatic carbocycles. The van der Waals surface area contributed by atoms with Gasteiger partial charge in [0.15, 0.2) is 0 Å². The quantitative estimate of drug-likeness (QED) is 0.370. The molecule has 0 spiro atoms. The molecular formula is C21H14N2O2. The second-order valence-corrected chi connectivity index (χ2v) is 5.75. The maximum atomic E-state index is 11.1. The highest BCUT2D eigenvalue weighted by Crippen LogP contribution is 2.32. The van der Waals surface area contributed by atoms with Crippen LogP contribution in [-0.4, -0.2) is 9.91 Å². The van der Waals surface area contributed by atoms with Crippen LogP contribution in [0.3, 0.4) is 0 Å². The lowest BCUT2D eigenvalue weighted by atomic mass is 9.98. The zero-order valence-corrected chi connectivity index (χ0v) is 13.3. The molecular weight excluding hydrogens is 312 g/mol. The summed E-state index contributed by atoms with van der Waals surface area (Å²) in [6.45, 7) is 0. The zero-order valence-electron chi connectivity index (χ0n) is 13.3. The van der Waals surface area contributed by atoms with Crippen molar-refractivity contribution >= 4 is 16.6 Å². The molecule has 120 valence electrons. The highest BCUT2D eigenvalue weighted by Gasteiger charge is 2.12. The van der Waals surface area contributed by atoms with Gasteiger partial charge in [0, 0.05) is 23.1 Å². The number of nitrogens with zero attached hydrogens (tertiary/aromatic N) is 2. The van der Waals surface area contributed by atoms with Gasteiger partial charge < -0.3 is 0 Å². The number of rotatable bonds is 3. The Labute approximate surface area is 144 Å². The smallest absolute Gasteiger partial charge is 0.258 e. The second-order valence-electron chi connectivity index (χ2n) is 5.75. The van der Waals surface area contributed by atoms with Gasteiger partial charge in [0.1, 0.15) is 0 Å². The van der Waals surface area contributed by atoms with E-state index in [0.29, 0.717) is 0 Å². The maximum absolute atomic E-state index is 11.1. The van der Waals surface area contributed by atoms with Gasteiger partial charge in [-0.25, -0.2) is 4.98 Å². The minimum Gasteiger partial charge on any atom is -0.258 e. The van der Waals surface area contributed by atoms with Crippen molar-refractivity contribution in [1.29, 1.82) is 0 Å². The first-order valence-electron chi connectivity index (χ1n) is 7.92. The molecule has 0 atom stereocenters. The largest absolute Gasteiger partial charge is 0.270 e. The molecule has 4 heteroatoms. The SMILES string of the molecule is O=[N+]([O-])c1cccc(-c2cc(-c3ccccc3)c3ccccc3n2)c1. The molecule has 0 fully saturated rings. The van der Waals surface area contributed by atoms with Crippen LogP contribution < -0.4 is 0 Å². The number of fused-ring (bicyclic) bond motifs is 1. The third-order valence-electron chi connectivity index (χ3n) is 4.15. The van der Waals surface area contributed by atoms with E-state index in [-0.39, 0.29) is 10.6 Å². The van der Waals surface area contributed by atoms with E-state index in [1.165, 1.54) is 6.07 Å². The minimum atomic E-state index is -0.386. The topological polar surface area (TPSA) is 56.0 Å². The van der Waals surface area contributed by atoms with E-state index in [0.717, 1.165) is 33.3 Å². The zero-order chi connectivity index (χ0) is 17.2. The molecule has 0 bridgehead atoms. The molecule has 1 heterocycles. The standard InChI is InChI=1S/C21H14N2O2/c24-23(25)17-10-6-9-16(13-17)21-14-19(15-7-2-1-3-8-15)18-11-4-5-12-20(18)22-21/h1-14H. The van der Waals surface area contributed by atoms with Crippen molar-refractivity contribution in [2.24, 2.45) is 0 Å². The average molecular weight is 326 g/mol. The van der Waals surface area contributed by atoms with Gasteiger partial charge >= 0.3 is 0 Å². The van der Waals surface area contributed by atoms with Crippen LogP contribution >= 0.6 is 0 Å². The van der Waals surface area contributed by atoms with Gasteiger partial charge in [-0.3, -0.25) is 10.1 Å². The van der Waals surface area contributed by atoms with E-state index in [2.05, 4.69) is 12.1 Å². The summed E-state index contributed by atoms with van der Waals surface area (Å²) in [6.07, 6.45) is 0. The first-order chi connectivity index (χ1) is 12.2. The van der Waals surface area contributed by atoms with Crippen LogP contribution in [0.25, 0.3) is 33.3 Å². The molecule has 4 rings (SSSR count). The summed E-state index contributed by atoms with van der Waals surface area (Å²) < 4.78 is 0. The molecule has 3 aromatic carbocycles. The fourth-order valence-corrected chi connectivity index (χ4v) is 2.96. The van der Waals surface area contributed by atoms with E-state index in [9.17, 15) is 10.1 Å². The van der Waals surface area contributed by atoms with Crippen LogP contribution in [0, 0.1) is 10.1 Å². The summed E-state index contributed by atoms with van der Waals surface area (Å²) in [5.74, 6) is 0. The predicted molar refractivity (Wildman–Crippen MR) is 99.3 cm³/mol. The summed E-state index contributed by atoms with van der Waals surface area (Å²) in [5.41, 5.74) is 4.54. The van der Waals surface area contributed by atoms with Crippen molar-refractivity contribution < 1.29 is 4.92 Å². The van der Waals surface area contributed by atoms with Gasteiger partial charge in [0.2, 0.25) is 0 Å². The summed E-state index contributed by atoms with van der Waals surface area (Å²) in [5, 5.41) is 12.1. The number of hydrogen-bond donors (Lipinski definition) is 0. The third-order valence-corrected chi connectivity index (χ3v) is 4.15. The van der Waals surface area contributed by atoms with Crippen LogP contribution in [0.1, 0.15) is 0 Å². The summed E-state index contributed by atoms with van der Waals surface area (Å²) in [6, 6.07) is 26.6. The van der Waals surface area contributed by atoms with Crippen molar-refractivity contribution in [3.63, 3.8) is 0 Å². The van der Waals surface area contributed by atoms with Crippen LogP contribution in [-0.2, 0) is 0 Å². The number of pyridine rings is 1. The molecule has 0 unspecified atom stereocenters. The molecule has 0 N–H and O–H groups in total. The number of nitro groups is 1. The lowest BCUT2D eigenvalue weighted by molar-refractivity contribution is -0.384. The summed E-state index contributed by atoms with van der Waals surface area (Å²) in [4.78, 5) is 15.4. The molecule has 25 heavy (non-hydrogen) atoms. The Morgan fingerprint density at radius 1 is 0.760 bits per heavy atom. The van der Waals surface area contributed by atoms with E-state index >= 15 is 0 Å². The Morgan fingerprint density at radius 2 is 1.48 bits per heavy atom. The number of nitro benzene ring substituents is 1. The fourth-order valence-electron chi connectivity index (χ4n) is 2.96. The van der Waals surface area contributed by atoms with E-state index < -0.39 is 0 Å². The molecule has 0 saturated heterocycles. The second kappa shape index (κ2) is 6.17. The van der Waals surface area contributed by atoms with Gasteiger partial charge in [-0.2, -0.15) is 0 Å². The monoisotopic (exact) mass is 326 g/mol. The van der Waals surface area contributed by atoms with Crippen molar-refractivity contribution in [2.45, 2.75) is 0 Å². The number of benzene rings is 3. The average Bonchev–Trinajstić information content (AvgIpc) is 2.68. The molecule has 0 saturated carbocycles. The first kappa shape index (κ1) is 15.0. The van der Waals surface area contributed by atoms with Gasteiger partial charge in [-0.15, -0.1) is 0 Å². The molecule has 0 aliphatic rings. The molecule has 0 amide bonds. The molecule has 0 aliphatic heterocycles. The number of hydrogen-bond acceptors (Lipinski definition) is 3. The van der Waals surface area contributed by atoms with Crippen LogP contribution in [0.5, 0.6) is 0 Å². The molecule has 4 nitrogen and oxygen atoms in total. The minimum absolute atomic E-state index is 0.0636. The van der Waals surface area contributed by atoms with E-state index in [4.69, 9.17) is 4.98 Å². The van der Waals surface area contributed by atoms with Crippen molar-refractivity contribution in [2.75, 3.05) is 0 Å². The van der Waals surface area contributed by atoms with Crippen molar-refractivity contribution in [1.82, 2.24) is 4.98 Å². The van der Waals surface area contributed by atoms with Crippen molar-refractivity contribution in [3.05, 3.63) is 95.0 Å². The Bertz CT molecular complexity index is 1080. The van der Waals surface area contributed by atoms with E-state index in [1.54, 1.807) is 12.1 Å². The number of non-ortho nitro benzene ring substituents is 1. The Balaban J connectivity index is 1.97. The maximum Gasteiger partial charge on any atom is 0.270 e. The lowest BCUT2D eigenvalue weighted by Gasteiger charge is -2.10. The molecule has 4 aromatic rings. The number of para-hydroxylation sites is 1. The fraction of sp³-hybridized carbons (Fsp3) is 0. The first-order valence-corrected chi connectivity index (χ1v) is 7.92. The summed E-state index contributed by atoms with van der Waals surface area (Å²) >= 11 is 0. The molecule has 1 aromatic heterocycles. The van der Waals surface area contributed by atoms with Gasteiger partial charge in [0.25, 0.3) is 5.69 Å². The summed E-state index contributed by atoms with van der Waals surface area (Å²) in [7, 11) is 0. The number of aromatic nitrogens is 1. The highest BCUT2D eigenvalue weighted by molar-refractivity contribution is 5.96. The van der Waals surface area contributed by atoms with Crippen LogP contribution in [0.15, 0.2) is 84.9 Å². The predicted octanol–water partition coefficient (Wildman–Crippen LogP) is 5.48. The van der Waals surface area contributed by atoms with Crippen molar-refractivity contribution in [3.8, 4) is 22.4 Å². The lowest BCUT2D eigenvalue weighted by Crippen LogP contribution is -1.92. The Morgan fingerprint density at radius 3 is 2.28 bits per heavy atom. The van der Waals surface area contributed by atoms with Gasteiger partial charge in [-0.05, 0) is 23.3 Å². The van der Waals surface area contributed by atoms with E-state index in [1.807, 2.05) is 54.6 Å². The van der Waals surface area contributed by atoms with Gasteiger partial charge in [-0.1, -0.05) is 60.7 Å². The van der Waals surface area contributed by atoms with Crippen LogP contribution in [0.2, 0.25) is 0 Å². The van der Waals surface area contributed by atoms with Crippen LogP contribution in [0.4, 0.5) is 5.69 Å². The Hall–Kier alpha value is -3.53.